The monoisotopic (exact) mass is 917 g/mol. The first-order valence-corrected chi connectivity index (χ1v) is 24.1. The van der Waals surface area contributed by atoms with Crippen molar-refractivity contribution >= 4 is 23.5 Å². The normalized spacial score (nSPS) is 25.2. The molecule has 66 heavy (non-hydrogen) atoms. The molecule has 16 heteroatoms. The molecule has 0 aromatic carbocycles. The lowest BCUT2D eigenvalue weighted by atomic mass is 9.86. The van der Waals surface area contributed by atoms with Crippen LogP contribution in [0.15, 0.2) is 0 Å². The number of halogens is 3. The Morgan fingerprint density at radius 2 is 1.33 bits per heavy atom. The number of aromatic nitrogens is 2. The number of amides is 2. The summed E-state index contributed by atoms with van der Waals surface area (Å²) in [6, 6.07) is 4.39. The number of ether oxygens (including phenoxy) is 3. The molecule has 3 unspecified atom stereocenters. The Morgan fingerprint density at radius 3 is 1.85 bits per heavy atom. The summed E-state index contributed by atoms with van der Waals surface area (Å²) in [6.07, 6.45) is -0.117. The minimum atomic E-state index is -4.60. The Kier molecular flexibility index (Phi) is 13.5. The number of fused-ring (bicyclic) bond motifs is 2. The molecule has 6 heterocycles. The first kappa shape index (κ1) is 48.0. The SMILES string of the molecule is COCCCC(=O)N1CCN(c2nc(C3CC3)c3c(c2C#N)CC(C)(C)OC3)C[C@H]1C(C)CC1CC1c1nc(N2CCN(C(=O)CC(F)(F)F)[C@H](C(C)C)C2)c(C#N)c2c1COC(C)(C)C2. The Hall–Kier alpha value is -4.51. The van der Waals surface area contributed by atoms with Gasteiger partial charge in [-0.3, -0.25) is 9.59 Å². The van der Waals surface area contributed by atoms with E-state index in [0.29, 0.717) is 88.0 Å². The molecule has 0 spiro atoms. The summed E-state index contributed by atoms with van der Waals surface area (Å²) >= 11 is 0. The lowest BCUT2D eigenvalue weighted by Gasteiger charge is -2.45. The van der Waals surface area contributed by atoms with Crippen molar-refractivity contribution in [1.82, 2.24) is 19.8 Å². The first-order chi connectivity index (χ1) is 31.2. The molecule has 4 fully saturated rings. The summed E-state index contributed by atoms with van der Waals surface area (Å²) in [5.74, 6) is 1.05. The van der Waals surface area contributed by atoms with Gasteiger partial charge in [0.2, 0.25) is 11.8 Å². The van der Waals surface area contributed by atoms with Crippen LogP contribution in [-0.2, 0) is 49.9 Å². The van der Waals surface area contributed by atoms with Crippen LogP contribution in [0.1, 0.15) is 150 Å². The fourth-order valence-corrected chi connectivity index (χ4v) is 11.2. The van der Waals surface area contributed by atoms with Gasteiger partial charge in [-0.15, -0.1) is 0 Å². The van der Waals surface area contributed by atoms with E-state index in [-0.39, 0.29) is 55.3 Å². The number of hydrogen-bond acceptors (Lipinski definition) is 11. The minimum Gasteiger partial charge on any atom is -0.385 e. The average molecular weight is 917 g/mol. The van der Waals surface area contributed by atoms with Crippen LogP contribution in [0, 0.1) is 40.4 Å². The third kappa shape index (κ3) is 10.0. The predicted molar refractivity (Wildman–Crippen MR) is 242 cm³/mol. The van der Waals surface area contributed by atoms with E-state index in [0.717, 1.165) is 65.1 Å². The second kappa shape index (κ2) is 18.5. The van der Waals surface area contributed by atoms with Gasteiger partial charge in [-0.05, 0) is 88.7 Å². The van der Waals surface area contributed by atoms with E-state index in [1.807, 2.05) is 32.6 Å². The van der Waals surface area contributed by atoms with Gasteiger partial charge in [0, 0.05) is 95.2 Å². The van der Waals surface area contributed by atoms with Crippen molar-refractivity contribution in [2.75, 3.05) is 62.8 Å². The van der Waals surface area contributed by atoms with E-state index < -0.39 is 35.7 Å². The van der Waals surface area contributed by atoms with Gasteiger partial charge in [-0.25, -0.2) is 9.97 Å². The van der Waals surface area contributed by atoms with Crippen LogP contribution in [0.4, 0.5) is 24.8 Å². The molecule has 0 bridgehead atoms. The highest BCUT2D eigenvalue weighted by Crippen LogP contribution is 2.54. The Balaban J connectivity index is 1.08. The number of methoxy groups -OCH3 is 1. The van der Waals surface area contributed by atoms with E-state index in [2.05, 4.69) is 42.7 Å². The van der Waals surface area contributed by atoms with Crippen molar-refractivity contribution in [3.63, 3.8) is 0 Å². The van der Waals surface area contributed by atoms with Crippen LogP contribution in [-0.4, -0.2) is 114 Å². The van der Waals surface area contributed by atoms with Gasteiger partial charge < -0.3 is 33.8 Å². The van der Waals surface area contributed by atoms with E-state index >= 15 is 0 Å². The summed E-state index contributed by atoms with van der Waals surface area (Å²) in [5.41, 5.74) is 6.08. The van der Waals surface area contributed by atoms with Crippen LogP contribution in [0.2, 0.25) is 0 Å². The Bertz CT molecular complexity index is 2280. The van der Waals surface area contributed by atoms with E-state index in [4.69, 9.17) is 24.2 Å². The first-order valence-electron chi connectivity index (χ1n) is 24.1. The van der Waals surface area contributed by atoms with Crippen molar-refractivity contribution < 1.29 is 37.0 Å². The Morgan fingerprint density at radius 1 is 0.803 bits per heavy atom. The largest absolute Gasteiger partial charge is 0.397 e. The fraction of sp³-hybridized carbons (Fsp3) is 0.720. The van der Waals surface area contributed by atoms with E-state index in [1.54, 1.807) is 7.11 Å². The third-order valence-electron chi connectivity index (χ3n) is 15.0. The molecule has 4 aliphatic heterocycles. The van der Waals surface area contributed by atoms with Gasteiger partial charge in [0.1, 0.15) is 30.2 Å². The number of pyridine rings is 2. The van der Waals surface area contributed by atoms with Crippen molar-refractivity contribution in [1.29, 1.82) is 10.5 Å². The molecule has 2 aromatic rings. The quantitative estimate of drug-likeness (QED) is 0.182. The topological polar surface area (TPSA) is 148 Å². The standard InChI is InChI=1S/C50H67F3N8O5/c1-29(2)40-25-58(13-15-60(40)43(63)22-50(51,52)53)47-37(24-55)35-21-49(6,7)66-28-39(35)45(57-47)33-19-32(33)18-30(3)41-26-59(14-16-61(41)42(62)10-9-17-64-8)46-36(23-54)34-20-48(4,5)65-27-38(34)44(56-46)31-11-12-31/h29-33,40-41H,9-22,25-28H2,1-8H3/t30?,32?,33?,40-,41-/m0/s1. The number of anilines is 2. The molecule has 8 rings (SSSR count). The lowest BCUT2D eigenvalue weighted by Crippen LogP contribution is -2.58. The van der Waals surface area contributed by atoms with Crippen LogP contribution in [0.5, 0.6) is 0 Å². The molecular formula is C50H67F3N8O5. The second-order valence-corrected chi connectivity index (χ2v) is 21.4. The molecule has 13 nitrogen and oxygen atoms in total. The smallest absolute Gasteiger partial charge is 0.385 e. The van der Waals surface area contributed by atoms with Crippen molar-refractivity contribution in [3.05, 3.63) is 44.8 Å². The third-order valence-corrected chi connectivity index (χ3v) is 15.0. The number of nitrogens with zero attached hydrogens (tertiary/aromatic N) is 8. The van der Waals surface area contributed by atoms with Gasteiger partial charge in [-0.2, -0.15) is 23.7 Å². The van der Waals surface area contributed by atoms with Crippen LogP contribution in [0.25, 0.3) is 0 Å². The molecule has 2 aliphatic carbocycles. The Labute approximate surface area is 387 Å². The number of carbonyl (C=O) groups excluding carboxylic acids is 2. The molecule has 358 valence electrons. The summed E-state index contributed by atoms with van der Waals surface area (Å²) < 4.78 is 58.1. The highest BCUT2D eigenvalue weighted by molar-refractivity contribution is 5.78. The van der Waals surface area contributed by atoms with Crippen molar-refractivity contribution in [2.24, 2.45) is 17.8 Å². The molecule has 2 saturated carbocycles. The minimum absolute atomic E-state index is 0.0746. The zero-order chi connectivity index (χ0) is 47.5. The second-order valence-electron chi connectivity index (χ2n) is 21.4. The highest BCUT2D eigenvalue weighted by atomic mass is 19.4. The molecule has 0 N–H and O–H groups in total. The number of alkyl halides is 3. The molecule has 0 radical (unpaired) electrons. The summed E-state index contributed by atoms with van der Waals surface area (Å²) in [7, 11) is 1.64. The summed E-state index contributed by atoms with van der Waals surface area (Å²) in [5, 5.41) is 21.5. The lowest BCUT2D eigenvalue weighted by molar-refractivity contribution is -0.164. The van der Waals surface area contributed by atoms with Crippen LogP contribution in [0.3, 0.4) is 0 Å². The fourth-order valence-electron chi connectivity index (χ4n) is 11.2. The molecule has 2 saturated heterocycles. The maximum Gasteiger partial charge on any atom is 0.397 e. The molecule has 5 atom stereocenters. The summed E-state index contributed by atoms with van der Waals surface area (Å²) in [6.45, 7) is 17.7. The number of hydrogen-bond donors (Lipinski definition) is 0. The van der Waals surface area contributed by atoms with Gasteiger partial charge in [0.15, 0.2) is 0 Å². The maximum absolute atomic E-state index is 14.0. The van der Waals surface area contributed by atoms with Crippen molar-refractivity contribution in [3.8, 4) is 12.1 Å². The van der Waals surface area contributed by atoms with Gasteiger partial charge in [-0.1, -0.05) is 20.8 Å². The number of rotatable bonds is 13. The summed E-state index contributed by atoms with van der Waals surface area (Å²) in [4.78, 5) is 45.3. The van der Waals surface area contributed by atoms with Crippen molar-refractivity contribution in [2.45, 2.75) is 161 Å². The number of piperazine rings is 2. The average Bonchev–Trinajstić information content (AvgIpc) is 4.21. The van der Waals surface area contributed by atoms with Gasteiger partial charge in [0.25, 0.3) is 0 Å². The number of nitriles is 2. The highest BCUT2D eigenvalue weighted by Gasteiger charge is 2.48. The van der Waals surface area contributed by atoms with Crippen LogP contribution >= 0.6 is 0 Å². The number of carbonyl (C=O) groups is 2. The van der Waals surface area contributed by atoms with E-state index in [1.165, 1.54) is 4.90 Å². The molecule has 2 aromatic heterocycles. The van der Waals surface area contributed by atoms with E-state index in [9.17, 15) is 33.3 Å². The molecule has 2 amide bonds. The zero-order valence-electron chi connectivity index (χ0n) is 40.0. The van der Waals surface area contributed by atoms with Gasteiger partial charge in [0.05, 0.1) is 59.0 Å². The molecule has 6 aliphatic rings. The van der Waals surface area contributed by atoms with Crippen LogP contribution < -0.4 is 9.80 Å². The predicted octanol–water partition coefficient (Wildman–Crippen LogP) is 7.70. The maximum atomic E-state index is 14.0. The molecular weight excluding hydrogens is 850 g/mol. The van der Waals surface area contributed by atoms with Gasteiger partial charge >= 0.3 is 6.18 Å². The zero-order valence-corrected chi connectivity index (χ0v) is 40.0.